The molecule has 0 aliphatic heterocycles. The molecule has 0 saturated carbocycles. The minimum atomic E-state index is -0.0842. The largest absolute Gasteiger partial charge is 0.344 e. The van der Waals surface area contributed by atoms with Gasteiger partial charge >= 0.3 is 0 Å². The molecule has 19 heavy (non-hydrogen) atoms. The van der Waals surface area contributed by atoms with Gasteiger partial charge in [0.2, 0.25) is 0 Å². The molecule has 0 radical (unpaired) electrons. The number of rotatable bonds is 5. The Labute approximate surface area is 116 Å². The van der Waals surface area contributed by atoms with Crippen LogP contribution in [0.5, 0.6) is 0 Å². The van der Waals surface area contributed by atoms with Crippen molar-refractivity contribution in [2.24, 2.45) is 5.92 Å². The molecule has 5 nitrogen and oxygen atoms in total. The number of nitrogens with zero attached hydrogens (tertiary/aromatic N) is 3. The molecule has 0 atom stereocenters. The van der Waals surface area contributed by atoms with E-state index in [1.165, 1.54) is 11.3 Å². The molecule has 0 spiro atoms. The average Bonchev–Trinajstić information content (AvgIpc) is 2.94. The third-order valence-corrected chi connectivity index (χ3v) is 3.65. The Hall–Kier alpha value is -1.69. The van der Waals surface area contributed by atoms with Gasteiger partial charge in [0.15, 0.2) is 0 Å². The Kier molecular flexibility index (Phi) is 4.31. The minimum absolute atomic E-state index is 0.0842. The number of hydrogen-bond acceptors (Lipinski definition) is 4. The predicted molar refractivity (Wildman–Crippen MR) is 75.1 cm³/mol. The van der Waals surface area contributed by atoms with Crippen molar-refractivity contribution in [1.29, 1.82) is 0 Å². The van der Waals surface area contributed by atoms with Crippen molar-refractivity contribution >= 4 is 17.2 Å². The summed E-state index contributed by atoms with van der Waals surface area (Å²) in [6.45, 7) is 7.50. The lowest BCUT2D eigenvalue weighted by Gasteiger charge is -2.10. The predicted octanol–water partition coefficient (Wildman–Crippen LogP) is 2.23. The van der Waals surface area contributed by atoms with E-state index in [1.54, 1.807) is 11.7 Å². The first-order valence-corrected chi connectivity index (χ1v) is 7.14. The zero-order valence-corrected chi connectivity index (χ0v) is 12.2. The molecule has 0 aromatic carbocycles. The Morgan fingerprint density at radius 1 is 1.47 bits per heavy atom. The van der Waals surface area contributed by atoms with Crippen molar-refractivity contribution in [2.75, 3.05) is 0 Å². The van der Waals surface area contributed by atoms with Gasteiger partial charge in [0.25, 0.3) is 5.91 Å². The number of hydrogen-bond donors (Lipinski definition) is 1. The molecule has 2 aromatic rings. The van der Waals surface area contributed by atoms with Gasteiger partial charge in [-0.3, -0.25) is 4.79 Å². The highest BCUT2D eigenvalue weighted by molar-refractivity contribution is 7.11. The number of aryl methyl sites for hydroxylation is 1. The van der Waals surface area contributed by atoms with Gasteiger partial charge in [-0.1, -0.05) is 13.8 Å². The average molecular weight is 278 g/mol. The lowest BCUT2D eigenvalue weighted by molar-refractivity contribution is 0.0952. The number of amides is 1. The van der Waals surface area contributed by atoms with Crippen LogP contribution in [-0.4, -0.2) is 20.4 Å². The topological polar surface area (TPSA) is 59.8 Å². The maximum atomic E-state index is 12.0. The fourth-order valence-corrected chi connectivity index (χ4v) is 2.55. The van der Waals surface area contributed by atoms with Crippen molar-refractivity contribution in [3.8, 4) is 0 Å². The quantitative estimate of drug-likeness (QED) is 0.912. The van der Waals surface area contributed by atoms with E-state index in [4.69, 9.17) is 0 Å². The third-order valence-electron chi connectivity index (χ3n) is 2.72. The van der Waals surface area contributed by atoms with Crippen LogP contribution in [-0.2, 0) is 13.1 Å². The summed E-state index contributed by atoms with van der Waals surface area (Å²) in [5.74, 6) is 1.34. The number of nitrogens with one attached hydrogen (secondary N) is 1. The first kappa shape index (κ1) is 13.7. The van der Waals surface area contributed by atoms with Gasteiger partial charge in [0.05, 0.1) is 17.7 Å². The number of carbonyl (C=O) groups excluding carboxylic acids is 1. The van der Waals surface area contributed by atoms with Crippen LogP contribution in [0.2, 0.25) is 0 Å². The van der Waals surface area contributed by atoms with Gasteiger partial charge < -0.3 is 9.88 Å². The molecule has 0 aliphatic carbocycles. The SMILES string of the molecule is Cc1ncsc1C(=O)NCc1nccn1CC(C)C. The maximum Gasteiger partial charge on any atom is 0.263 e. The van der Waals surface area contributed by atoms with Crippen LogP contribution in [0.25, 0.3) is 0 Å². The summed E-state index contributed by atoms with van der Waals surface area (Å²) in [7, 11) is 0. The smallest absolute Gasteiger partial charge is 0.263 e. The summed E-state index contributed by atoms with van der Waals surface area (Å²) in [5.41, 5.74) is 2.46. The zero-order valence-electron chi connectivity index (χ0n) is 11.4. The first-order chi connectivity index (χ1) is 9.08. The van der Waals surface area contributed by atoms with E-state index in [1.807, 2.05) is 13.1 Å². The van der Waals surface area contributed by atoms with E-state index in [0.29, 0.717) is 17.3 Å². The second kappa shape index (κ2) is 5.97. The molecule has 0 fully saturated rings. The summed E-state index contributed by atoms with van der Waals surface area (Å²) in [5, 5.41) is 2.89. The maximum absolute atomic E-state index is 12.0. The molecule has 2 heterocycles. The number of carbonyl (C=O) groups is 1. The molecule has 0 bridgehead atoms. The van der Waals surface area contributed by atoms with Gasteiger partial charge in [-0.25, -0.2) is 9.97 Å². The Balaban J connectivity index is 1.98. The molecule has 102 valence electrons. The minimum Gasteiger partial charge on any atom is -0.344 e. The molecule has 0 unspecified atom stereocenters. The molecule has 1 amide bonds. The van der Waals surface area contributed by atoms with Crippen LogP contribution in [0.4, 0.5) is 0 Å². The van der Waals surface area contributed by atoms with Crippen LogP contribution >= 0.6 is 11.3 Å². The van der Waals surface area contributed by atoms with E-state index in [2.05, 4.69) is 33.7 Å². The van der Waals surface area contributed by atoms with E-state index in [9.17, 15) is 4.79 Å². The molecule has 2 aromatic heterocycles. The van der Waals surface area contributed by atoms with Gasteiger partial charge in [-0.05, 0) is 12.8 Å². The Morgan fingerprint density at radius 2 is 2.26 bits per heavy atom. The van der Waals surface area contributed by atoms with E-state index in [0.717, 1.165) is 18.1 Å². The fraction of sp³-hybridized carbons (Fsp3) is 0.462. The van der Waals surface area contributed by atoms with E-state index in [-0.39, 0.29) is 5.91 Å². The summed E-state index contributed by atoms with van der Waals surface area (Å²) >= 11 is 1.36. The van der Waals surface area contributed by atoms with Crippen molar-refractivity contribution in [2.45, 2.75) is 33.9 Å². The van der Waals surface area contributed by atoms with E-state index >= 15 is 0 Å². The number of thiazole rings is 1. The van der Waals surface area contributed by atoms with Crippen molar-refractivity contribution in [3.05, 3.63) is 34.3 Å². The van der Waals surface area contributed by atoms with Crippen LogP contribution in [0.15, 0.2) is 17.9 Å². The second-order valence-corrected chi connectivity index (χ2v) is 5.69. The highest BCUT2D eigenvalue weighted by Crippen LogP contribution is 2.12. The lowest BCUT2D eigenvalue weighted by Crippen LogP contribution is -2.25. The van der Waals surface area contributed by atoms with Crippen LogP contribution in [0.3, 0.4) is 0 Å². The van der Waals surface area contributed by atoms with Crippen LogP contribution in [0, 0.1) is 12.8 Å². The van der Waals surface area contributed by atoms with Crippen LogP contribution in [0.1, 0.15) is 35.0 Å². The fourth-order valence-electron chi connectivity index (χ4n) is 1.83. The molecule has 2 rings (SSSR count). The monoisotopic (exact) mass is 278 g/mol. The molecular formula is C13H18N4OS. The molecule has 0 saturated heterocycles. The number of imidazole rings is 1. The molecular weight excluding hydrogens is 260 g/mol. The van der Waals surface area contributed by atoms with Gasteiger partial charge in [-0.15, -0.1) is 11.3 Å². The Bertz CT molecular complexity index is 558. The highest BCUT2D eigenvalue weighted by Gasteiger charge is 2.12. The summed E-state index contributed by atoms with van der Waals surface area (Å²) < 4.78 is 2.07. The van der Waals surface area contributed by atoms with Gasteiger partial charge in [-0.2, -0.15) is 0 Å². The number of aromatic nitrogens is 3. The van der Waals surface area contributed by atoms with Gasteiger partial charge in [0, 0.05) is 18.9 Å². The second-order valence-electron chi connectivity index (χ2n) is 4.84. The normalized spacial score (nSPS) is 10.9. The standard InChI is InChI=1S/C13H18N4OS/c1-9(2)7-17-5-4-14-11(17)6-15-13(18)12-10(3)16-8-19-12/h4-5,8-9H,6-7H2,1-3H3,(H,15,18). The highest BCUT2D eigenvalue weighted by atomic mass is 32.1. The Morgan fingerprint density at radius 3 is 2.89 bits per heavy atom. The molecule has 6 heteroatoms. The lowest BCUT2D eigenvalue weighted by atomic mass is 10.2. The molecule has 0 aliphatic rings. The zero-order chi connectivity index (χ0) is 13.8. The van der Waals surface area contributed by atoms with E-state index < -0.39 is 0 Å². The van der Waals surface area contributed by atoms with Crippen molar-refractivity contribution in [3.63, 3.8) is 0 Å². The summed E-state index contributed by atoms with van der Waals surface area (Å²) in [6, 6.07) is 0. The molecule has 1 N–H and O–H groups in total. The summed E-state index contributed by atoms with van der Waals surface area (Å²) in [6.07, 6.45) is 3.71. The summed E-state index contributed by atoms with van der Waals surface area (Å²) in [4.78, 5) is 21.0. The first-order valence-electron chi connectivity index (χ1n) is 6.26. The third kappa shape index (κ3) is 3.41. The van der Waals surface area contributed by atoms with Crippen LogP contribution < -0.4 is 5.32 Å². The van der Waals surface area contributed by atoms with Crippen molar-refractivity contribution < 1.29 is 4.79 Å². The van der Waals surface area contributed by atoms with Crippen molar-refractivity contribution in [1.82, 2.24) is 19.9 Å². The van der Waals surface area contributed by atoms with Gasteiger partial charge in [0.1, 0.15) is 10.7 Å².